The van der Waals surface area contributed by atoms with Gasteiger partial charge < -0.3 is 9.47 Å². The van der Waals surface area contributed by atoms with Crippen LogP contribution in [0, 0.1) is 13.8 Å². The molecule has 0 aliphatic carbocycles. The Morgan fingerprint density at radius 1 is 1.05 bits per heavy atom. The van der Waals surface area contributed by atoms with E-state index in [-0.39, 0.29) is 5.97 Å². The molecule has 3 nitrogen and oxygen atoms in total. The van der Waals surface area contributed by atoms with Crippen molar-refractivity contribution in [3.63, 3.8) is 0 Å². The van der Waals surface area contributed by atoms with E-state index < -0.39 is 0 Å². The number of rotatable bonds is 5. The third-order valence-corrected chi connectivity index (χ3v) is 3.11. The Bertz CT molecular complexity index is 615. The van der Waals surface area contributed by atoms with E-state index in [1.807, 2.05) is 32.0 Å². The molecule has 21 heavy (non-hydrogen) atoms. The minimum Gasteiger partial charge on any atom is -0.494 e. The van der Waals surface area contributed by atoms with Gasteiger partial charge >= 0.3 is 5.97 Å². The predicted molar refractivity (Wildman–Crippen MR) is 83.1 cm³/mol. The first-order chi connectivity index (χ1) is 10.1. The number of carbonyl (C=O) groups excluding carboxylic acids is 1. The Kier molecular flexibility index (Phi) is 4.99. The number of esters is 1. The quantitative estimate of drug-likeness (QED) is 0.606. The van der Waals surface area contributed by atoms with Crippen LogP contribution in [-0.4, -0.2) is 12.6 Å². The maximum atomic E-state index is 12.1. The first kappa shape index (κ1) is 15.1. The van der Waals surface area contributed by atoms with Gasteiger partial charge in [0, 0.05) is 0 Å². The SMILES string of the molecule is CCCOc1ccc(C(=O)Oc2cc(C)ccc2C)cc1. The van der Waals surface area contributed by atoms with Crippen molar-refractivity contribution < 1.29 is 14.3 Å². The molecule has 0 aliphatic heterocycles. The van der Waals surface area contributed by atoms with Crippen molar-refractivity contribution in [3.8, 4) is 11.5 Å². The van der Waals surface area contributed by atoms with Gasteiger partial charge in [-0.2, -0.15) is 0 Å². The van der Waals surface area contributed by atoms with Gasteiger partial charge in [-0.3, -0.25) is 0 Å². The molecule has 0 radical (unpaired) electrons. The number of aryl methyl sites for hydroxylation is 2. The molecule has 0 unspecified atom stereocenters. The van der Waals surface area contributed by atoms with Crippen LogP contribution in [0.4, 0.5) is 0 Å². The Morgan fingerprint density at radius 2 is 1.76 bits per heavy atom. The summed E-state index contributed by atoms with van der Waals surface area (Å²) in [5.41, 5.74) is 2.52. The summed E-state index contributed by atoms with van der Waals surface area (Å²) in [5, 5.41) is 0. The summed E-state index contributed by atoms with van der Waals surface area (Å²) >= 11 is 0. The third kappa shape index (κ3) is 4.09. The summed E-state index contributed by atoms with van der Waals surface area (Å²) in [7, 11) is 0. The summed E-state index contributed by atoms with van der Waals surface area (Å²) in [6.45, 7) is 6.61. The number of hydrogen-bond acceptors (Lipinski definition) is 3. The van der Waals surface area contributed by atoms with Gasteiger partial charge in [0.05, 0.1) is 12.2 Å². The zero-order valence-corrected chi connectivity index (χ0v) is 12.7. The van der Waals surface area contributed by atoms with E-state index in [4.69, 9.17) is 9.47 Å². The molecule has 0 bridgehead atoms. The van der Waals surface area contributed by atoms with Gasteiger partial charge in [-0.15, -0.1) is 0 Å². The van der Waals surface area contributed by atoms with Crippen LogP contribution in [0.25, 0.3) is 0 Å². The van der Waals surface area contributed by atoms with Crippen molar-refractivity contribution >= 4 is 5.97 Å². The molecule has 0 spiro atoms. The minimum atomic E-state index is -0.356. The third-order valence-electron chi connectivity index (χ3n) is 3.11. The van der Waals surface area contributed by atoms with E-state index in [2.05, 4.69) is 6.92 Å². The highest BCUT2D eigenvalue weighted by molar-refractivity contribution is 5.91. The van der Waals surface area contributed by atoms with Crippen molar-refractivity contribution in [1.82, 2.24) is 0 Å². The largest absolute Gasteiger partial charge is 0.494 e. The fourth-order valence-corrected chi connectivity index (χ4v) is 1.88. The Labute approximate surface area is 125 Å². The van der Waals surface area contributed by atoms with Crippen LogP contribution in [-0.2, 0) is 0 Å². The van der Waals surface area contributed by atoms with Gasteiger partial charge in [0.1, 0.15) is 11.5 Å². The summed E-state index contributed by atoms with van der Waals surface area (Å²) in [5.74, 6) is 1.01. The lowest BCUT2D eigenvalue weighted by atomic mass is 10.1. The molecule has 2 aromatic rings. The van der Waals surface area contributed by atoms with Crippen molar-refractivity contribution in [3.05, 3.63) is 59.2 Å². The zero-order valence-electron chi connectivity index (χ0n) is 12.7. The summed E-state index contributed by atoms with van der Waals surface area (Å²) < 4.78 is 10.9. The number of hydrogen-bond donors (Lipinski definition) is 0. The maximum absolute atomic E-state index is 12.1. The van der Waals surface area contributed by atoms with Crippen LogP contribution in [0.2, 0.25) is 0 Å². The van der Waals surface area contributed by atoms with E-state index in [9.17, 15) is 4.79 Å². The molecule has 0 N–H and O–H groups in total. The van der Waals surface area contributed by atoms with Gasteiger partial charge in [0.2, 0.25) is 0 Å². The molecule has 0 heterocycles. The van der Waals surface area contributed by atoms with Gasteiger partial charge in [-0.05, 0) is 61.7 Å². The molecule has 0 saturated heterocycles. The number of ether oxygens (including phenoxy) is 2. The molecule has 2 aromatic carbocycles. The van der Waals surface area contributed by atoms with Crippen molar-refractivity contribution in [2.75, 3.05) is 6.61 Å². The van der Waals surface area contributed by atoms with E-state index in [1.54, 1.807) is 24.3 Å². The van der Waals surface area contributed by atoms with Crippen LogP contribution >= 0.6 is 0 Å². The van der Waals surface area contributed by atoms with E-state index >= 15 is 0 Å². The molecule has 0 atom stereocenters. The second-order valence-corrected chi connectivity index (χ2v) is 5.03. The van der Waals surface area contributed by atoms with Gasteiger partial charge in [0.15, 0.2) is 0 Å². The van der Waals surface area contributed by atoms with E-state index in [0.29, 0.717) is 17.9 Å². The normalized spacial score (nSPS) is 10.2. The molecule has 0 aliphatic rings. The Morgan fingerprint density at radius 3 is 2.43 bits per heavy atom. The van der Waals surface area contributed by atoms with Crippen LogP contribution in [0.5, 0.6) is 11.5 Å². The summed E-state index contributed by atoms with van der Waals surface area (Å²) in [4.78, 5) is 12.1. The van der Waals surface area contributed by atoms with Gasteiger partial charge in [-0.1, -0.05) is 19.1 Å². The first-order valence-electron chi connectivity index (χ1n) is 7.12. The van der Waals surface area contributed by atoms with Gasteiger partial charge in [-0.25, -0.2) is 4.79 Å². The standard InChI is InChI=1S/C18H20O3/c1-4-11-20-16-9-7-15(8-10-16)18(19)21-17-12-13(2)5-6-14(17)3/h5-10,12H,4,11H2,1-3H3. The average Bonchev–Trinajstić information content (AvgIpc) is 2.49. The van der Waals surface area contributed by atoms with Crippen LogP contribution in [0.1, 0.15) is 34.8 Å². The zero-order chi connectivity index (χ0) is 15.2. The molecule has 0 saturated carbocycles. The minimum absolute atomic E-state index is 0.356. The molecule has 0 aromatic heterocycles. The lowest BCUT2D eigenvalue weighted by Gasteiger charge is -2.09. The molecule has 0 amide bonds. The fourth-order valence-electron chi connectivity index (χ4n) is 1.88. The average molecular weight is 284 g/mol. The maximum Gasteiger partial charge on any atom is 0.343 e. The molecular weight excluding hydrogens is 264 g/mol. The molecule has 0 fully saturated rings. The number of carbonyl (C=O) groups is 1. The van der Waals surface area contributed by atoms with Crippen molar-refractivity contribution in [1.29, 1.82) is 0 Å². The van der Waals surface area contributed by atoms with Crippen LogP contribution in [0.3, 0.4) is 0 Å². The smallest absolute Gasteiger partial charge is 0.343 e. The lowest BCUT2D eigenvalue weighted by Crippen LogP contribution is -2.09. The van der Waals surface area contributed by atoms with Crippen molar-refractivity contribution in [2.45, 2.75) is 27.2 Å². The highest BCUT2D eigenvalue weighted by Gasteiger charge is 2.10. The first-order valence-corrected chi connectivity index (χ1v) is 7.12. The summed E-state index contributed by atoms with van der Waals surface area (Å²) in [6, 6.07) is 12.8. The molecule has 110 valence electrons. The Hall–Kier alpha value is -2.29. The molecule has 2 rings (SSSR count). The highest BCUT2D eigenvalue weighted by atomic mass is 16.5. The molecular formula is C18H20O3. The second-order valence-electron chi connectivity index (χ2n) is 5.03. The topological polar surface area (TPSA) is 35.5 Å². The lowest BCUT2D eigenvalue weighted by molar-refractivity contribution is 0.0733. The Balaban J connectivity index is 2.07. The number of benzene rings is 2. The predicted octanol–water partition coefficient (Wildman–Crippen LogP) is 4.31. The van der Waals surface area contributed by atoms with Gasteiger partial charge in [0.25, 0.3) is 0 Å². The van der Waals surface area contributed by atoms with Crippen molar-refractivity contribution in [2.24, 2.45) is 0 Å². The fraction of sp³-hybridized carbons (Fsp3) is 0.278. The van der Waals surface area contributed by atoms with Crippen LogP contribution < -0.4 is 9.47 Å². The summed E-state index contributed by atoms with van der Waals surface area (Å²) in [6.07, 6.45) is 0.955. The highest BCUT2D eigenvalue weighted by Crippen LogP contribution is 2.21. The monoisotopic (exact) mass is 284 g/mol. The van der Waals surface area contributed by atoms with Crippen LogP contribution in [0.15, 0.2) is 42.5 Å². The van der Waals surface area contributed by atoms with E-state index in [1.165, 1.54) is 0 Å². The molecule has 3 heteroatoms. The second kappa shape index (κ2) is 6.93. The van der Waals surface area contributed by atoms with E-state index in [0.717, 1.165) is 23.3 Å².